The molecule has 0 amide bonds. The number of nitrogens with one attached hydrogen (secondary N) is 1. The van der Waals surface area contributed by atoms with Gasteiger partial charge >= 0.3 is 0 Å². The first-order valence-electron chi connectivity index (χ1n) is 13.6. The highest BCUT2D eigenvalue weighted by Crippen LogP contribution is 2.31. The average molecular weight is 539 g/mol. The van der Waals surface area contributed by atoms with Crippen molar-refractivity contribution in [2.24, 2.45) is 0 Å². The van der Waals surface area contributed by atoms with Gasteiger partial charge in [0.2, 0.25) is 0 Å². The van der Waals surface area contributed by atoms with Crippen LogP contribution in [0.2, 0.25) is 0 Å². The first-order valence-corrected chi connectivity index (χ1v) is 13.6. The number of benzene rings is 3. The summed E-state index contributed by atoms with van der Waals surface area (Å²) in [6.45, 7) is 4.18. The maximum Gasteiger partial charge on any atom is 0.253 e. The number of halogens is 1. The third-order valence-corrected chi connectivity index (χ3v) is 7.42. The van der Waals surface area contributed by atoms with E-state index in [2.05, 4.69) is 37.5 Å². The van der Waals surface area contributed by atoms with Crippen LogP contribution < -0.4 is 5.56 Å². The van der Waals surface area contributed by atoms with Crippen molar-refractivity contribution in [3.05, 3.63) is 123 Å². The number of aromatic nitrogens is 5. The summed E-state index contributed by atoms with van der Waals surface area (Å²) in [5, 5.41) is 13.8. The van der Waals surface area contributed by atoms with Crippen molar-refractivity contribution < 1.29 is 9.13 Å². The standard InChI is InChI=1S/C31H31FN6O2/c1-21-9-12-24-17-27(31(39)33-28(24)16-21)29(30-34-35-36-38(30)20-26-8-5-15-40-26)37(18-22-6-3-2-4-7-22)19-23-10-13-25(32)14-11-23/h2-4,6-7,9-14,16-17,26,29H,5,8,15,18-20H2,1H3,(H,33,39)/t26-,29+/m1/s1. The van der Waals surface area contributed by atoms with Crippen LogP contribution in [0.1, 0.15) is 47.0 Å². The highest BCUT2D eigenvalue weighted by atomic mass is 19.1. The van der Waals surface area contributed by atoms with E-state index in [0.29, 0.717) is 31.0 Å². The molecule has 5 aromatic rings. The molecule has 1 saturated heterocycles. The van der Waals surface area contributed by atoms with E-state index in [4.69, 9.17) is 4.74 Å². The molecule has 1 aliphatic heterocycles. The molecule has 3 heterocycles. The molecule has 2 aromatic heterocycles. The minimum absolute atomic E-state index is 0.0143. The Bertz CT molecular complexity index is 1640. The molecule has 1 fully saturated rings. The molecule has 9 heteroatoms. The third-order valence-electron chi connectivity index (χ3n) is 7.42. The minimum Gasteiger partial charge on any atom is -0.376 e. The summed E-state index contributed by atoms with van der Waals surface area (Å²) in [6, 6.07) is 23.9. The van der Waals surface area contributed by atoms with Gasteiger partial charge in [-0.15, -0.1) is 5.10 Å². The van der Waals surface area contributed by atoms with Crippen LogP contribution in [0.25, 0.3) is 10.9 Å². The SMILES string of the molecule is Cc1ccc2cc([C@@H](c3nnnn3C[C@H]3CCCO3)N(Cc3ccccc3)Cc3ccc(F)cc3)c(=O)[nH]c2c1. The highest BCUT2D eigenvalue weighted by Gasteiger charge is 2.32. The molecule has 1 aliphatic rings. The Kier molecular flexibility index (Phi) is 7.48. The van der Waals surface area contributed by atoms with E-state index in [9.17, 15) is 9.18 Å². The Morgan fingerprint density at radius 3 is 2.58 bits per heavy atom. The largest absolute Gasteiger partial charge is 0.376 e. The molecule has 204 valence electrons. The molecule has 1 N–H and O–H groups in total. The van der Waals surface area contributed by atoms with Crippen LogP contribution in [0, 0.1) is 12.7 Å². The van der Waals surface area contributed by atoms with E-state index in [1.165, 1.54) is 12.1 Å². The number of aryl methyl sites for hydroxylation is 1. The number of ether oxygens (including phenoxy) is 1. The fraction of sp³-hybridized carbons (Fsp3) is 0.290. The fourth-order valence-corrected chi connectivity index (χ4v) is 5.43. The first-order chi connectivity index (χ1) is 19.5. The zero-order chi connectivity index (χ0) is 27.5. The van der Waals surface area contributed by atoms with Gasteiger partial charge in [-0.3, -0.25) is 9.69 Å². The van der Waals surface area contributed by atoms with Gasteiger partial charge in [0.1, 0.15) is 11.9 Å². The maximum absolute atomic E-state index is 13.8. The Balaban J connectivity index is 1.50. The maximum atomic E-state index is 13.8. The van der Waals surface area contributed by atoms with Crippen LogP contribution in [-0.2, 0) is 24.4 Å². The summed E-state index contributed by atoms with van der Waals surface area (Å²) in [4.78, 5) is 19.0. The molecule has 0 unspecified atom stereocenters. The van der Waals surface area contributed by atoms with Gasteiger partial charge in [-0.2, -0.15) is 0 Å². The van der Waals surface area contributed by atoms with Crippen molar-refractivity contribution >= 4 is 10.9 Å². The topological polar surface area (TPSA) is 88.9 Å². The smallest absolute Gasteiger partial charge is 0.253 e. The first kappa shape index (κ1) is 26.0. The molecule has 0 aliphatic carbocycles. The van der Waals surface area contributed by atoms with E-state index in [1.807, 2.05) is 49.4 Å². The number of fused-ring (bicyclic) bond motifs is 1. The fourth-order valence-electron chi connectivity index (χ4n) is 5.43. The van der Waals surface area contributed by atoms with E-state index < -0.39 is 6.04 Å². The number of tetrazole rings is 1. The summed E-state index contributed by atoms with van der Waals surface area (Å²) >= 11 is 0. The van der Waals surface area contributed by atoms with Crippen LogP contribution >= 0.6 is 0 Å². The second-order valence-corrected chi connectivity index (χ2v) is 10.4. The van der Waals surface area contributed by atoms with Crippen molar-refractivity contribution in [2.45, 2.75) is 51.5 Å². The Morgan fingerprint density at radius 1 is 1.05 bits per heavy atom. The minimum atomic E-state index is -0.587. The second-order valence-electron chi connectivity index (χ2n) is 10.4. The van der Waals surface area contributed by atoms with E-state index in [0.717, 1.165) is 47.0 Å². The number of rotatable bonds is 9. The summed E-state index contributed by atoms with van der Waals surface area (Å²) in [5.74, 6) is 0.266. The predicted octanol–water partition coefficient (Wildman–Crippen LogP) is 4.93. The lowest BCUT2D eigenvalue weighted by molar-refractivity contribution is 0.0903. The third kappa shape index (κ3) is 5.71. The monoisotopic (exact) mass is 538 g/mol. The van der Waals surface area contributed by atoms with Gasteiger partial charge in [0.25, 0.3) is 5.56 Å². The van der Waals surface area contributed by atoms with Gasteiger partial charge in [-0.25, -0.2) is 9.07 Å². The molecule has 8 nitrogen and oxygen atoms in total. The molecule has 0 radical (unpaired) electrons. The number of nitrogens with zero attached hydrogens (tertiary/aromatic N) is 5. The number of pyridine rings is 1. The van der Waals surface area contributed by atoms with Crippen molar-refractivity contribution in [2.75, 3.05) is 6.61 Å². The van der Waals surface area contributed by atoms with Crippen LogP contribution in [-0.4, -0.2) is 42.8 Å². The predicted molar refractivity (Wildman–Crippen MR) is 150 cm³/mol. The van der Waals surface area contributed by atoms with Gasteiger partial charge < -0.3 is 9.72 Å². The zero-order valence-corrected chi connectivity index (χ0v) is 22.3. The number of H-pyrrole nitrogens is 1. The van der Waals surface area contributed by atoms with Crippen molar-refractivity contribution in [3.8, 4) is 0 Å². The zero-order valence-electron chi connectivity index (χ0n) is 22.3. The van der Waals surface area contributed by atoms with E-state index in [-0.39, 0.29) is 17.5 Å². The normalized spacial score (nSPS) is 16.1. The lowest BCUT2D eigenvalue weighted by atomic mass is 10.0. The summed E-state index contributed by atoms with van der Waals surface area (Å²) in [6.07, 6.45) is 1.95. The summed E-state index contributed by atoms with van der Waals surface area (Å²) < 4.78 is 21.4. The van der Waals surface area contributed by atoms with Gasteiger partial charge in [0, 0.05) is 30.8 Å². The quantitative estimate of drug-likeness (QED) is 0.286. The van der Waals surface area contributed by atoms with Crippen molar-refractivity contribution in [3.63, 3.8) is 0 Å². The lowest BCUT2D eigenvalue weighted by Crippen LogP contribution is -2.35. The number of hydrogen-bond acceptors (Lipinski definition) is 6. The highest BCUT2D eigenvalue weighted by molar-refractivity contribution is 5.79. The van der Waals surface area contributed by atoms with Crippen molar-refractivity contribution in [1.82, 2.24) is 30.1 Å². The summed E-state index contributed by atoms with van der Waals surface area (Å²) in [5.41, 5.74) is 4.16. The van der Waals surface area contributed by atoms with Gasteiger partial charge in [0.05, 0.1) is 12.6 Å². The Morgan fingerprint density at radius 2 is 1.82 bits per heavy atom. The molecule has 40 heavy (non-hydrogen) atoms. The second kappa shape index (κ2) is 11.5. The van der Waals surface area contributed by atoms with Crippen LogP contribution in [0.5, 0.6) is 0 Å². The van der Waals surface area contributed by atoms with Crippen molar-refractivity contribution in [1.29, 1.82) is 0 Å². The van der Waals surface area contributed by atoms with Crippen LogP contribution in [0.3, 0.4) is 0 Å². The molecular formula is C31H31FN6O2. The van der Waals surface area contributed by atoms with Crippen LogP contribution in [0.15, 0.2) is 83.7 Å². The van der Waals surface area contributed by atoms with Crippen LogP contribution in [0.4, 0.5) is 4.39 Å². The number of aromatic amines is 1. The van der Waals surface area contributed by atoms with E-state index >= 15 is 0 Å². The summed E-state index contributed by atoms with van der Waals surface area (Å²) in [7, 11) is 0. The molecule has 0 saturated carbocycles. The molecule has 2 atom stereocenters. The molecule has 3 aromatic carbocycles. The Hall–Kier alpha value is -4.21. The van der Waals surface area contributed by atoms with Gasteiger partial charge in [0.15, 0.2) is 5.82 Å². The molecule has 6 rings (SSSR count). The molecule has 0 bridgehead atoms. The Labute approximate surface area is 231 Å². The average Bonchev–Trinajstić information content (AvgIpc) is 3.64. The van der Waals surface area contributed by atoms with Gasteiger partial charge in [-0.05, 0) is 76.5 Å². The number of hydrogen-bond donors (Lipinski definition) is 1. The lowest BCUT2D eigenvalue weighted by Gasteiger charge is -2.31. The molecular weight excluding hydrogens is 507 g/mol. The molecule has 0 spiro atoms. The van der Waals surface area contributed by atoms with Gasteiger partial charge in [-0.1, -0.05) is 54.6 Å². The van der Waals surface area contributed by atoms with E-state index in [1.54, 1.807) is 16.8 Å².